The number of carbonyl (C=O) groups is 2. The molecular weight excluding hydrogens is 212 g/mol. The Bertz CT molecular complexity index is 257. The topological polar surface area (TPSA) is 61.8 Å². The van der Waals surface area contributed by atoms with Crippen LogP contribution in [-0.4, -0.2) is 38.2 Å². The first-order valence-electron chi connectivity index (χ1n) is 5.27. The number of carbonyl (C=O) groups excluding carboxylic acids is 2. The van der Waals surface area contributed by atoms with Crippen LogP contribution in [0, 0.1) is 0 Å². The molecule has 0 fully saturated rings. The van der Waals surface area contributed by atoms with Crippen molar-refractivity contribution in [2.24, 2.45) is 0 Å². The Hall–Kier alpha value is -1.36. The normalized spacial score (nSPS) is 11.1. The Labute approximate surface area is 95.4 Å². The molecule has 5 nitrogen and oxygen atoms in total. The predicted octanol–water partition coefficient (Wildman–Crippen LogP) is 1.08. The molecule has 0 spiro atoms. The van der Waals surface area contributed by atoms with Gasteiger partial charge in [-0.3, -0.25) is 4.79 Å². The molecule has 0 N–H and O–H groups in total. The van der Waals surface area contributed by atoms with E-state index in [0.29, 0.717) is 13.2 Å². The molecule has 0 aromatic heterocycles. The molecule has 0 aromatic rings. The van der Waals surface area contributed by atoms with Crippen LogP contribution in [0.1, 0.15) is 20.8 Å². The van der Waals surface area contributed by atoms with Crippen LogP contribution in [0.15, 0.2) is 11.8 Å². The van der Waals surface area contributed by atoms with Gasteiger partial charge in [0, 0.05) is 6.61 Å². The average Bonchev–Trinajstić information content (AvgIpc) is 2.27. The van der Waals surface area contributed by atoms with Gasteiger partial charge in [0.1, 0.15) is 18.4 Å². The van der Waals surface area contributed by atoms with E-state index >= 15 is 0 Å². The third-order valence-electron chi connectivity index (χ3n) is 1.60. The molecule has 0 amide bonds. The molecular formula is C11H18O5. The van der Waals surface area contributed by atoms with Crippen molar-refractivity contribution in [2.75, 3.05) is 26.4 Å². The Morgan fingerprint density at radius 1 is 1.06 bits per heavy atom. The van der Waals surface area contributed by atoms with Crippen molar-refractivity contribution in [3.05, 3.63) is 11.8 Å². The van der Waals surface area contributed by atoms with Crippen molar-refractivity contribution in [3.8, 4) is 0 Å². The zero-order valence-corrected chi connectivity index (χ0v) is 9.95. The highest BCUT2D eigenvalue weighted by atomic mass is 16.5. The molecule has 5 heteroatoms. The third kappa shape index (κ3) is 5.50. The summed E-state index contributed by atoms with van der Waals surface area (Å²) in [5, 5.41) is 0. The van der Waals surface area contributed by atoms with Crippen LogP contribution in [0.2, 0.25) is 0 Å². The van der Waals surface area contributed by atoms with Gasteiger partial charge in [-0.1, -0.05) is 0 Å². The first-order valence-corrected chi connectivity index (χ1v) is 5.27. The lowest BCUT2D eigenvalue weighted by Gasteiger charge is -2.06. The third-order valence-corrected chi connectivity index (χ3v) is 1.60. The Kier molecular flexibility index (Phi) is 8.15. The second-order valence-corrected chi connectivity index (χ2v) is 2.77. The van der Waals surface area contributed by atoms with Gasteiger partial charge in [-0.15, -0.1) is 0 Å². The number of ketones is 1. The number of Topliss-reactive ketones (excluding diaryl/α,β-unsaturated/α-hetero) is 1. The fourth-order valence-electron chi connectivity index (χ4n) is 0.876. The van der Waals surface area contributed by atoms with E-state index in [1.54, 1.807) is 20.8 Å². The van der Waals surface area contributed by atoms with Crippen LogP contribution >= 0.6 is 0 Å². The molecule has 0 atom stereocenters. The molecule has 0 aromatic carbocycles. The first kappa shape index (κ1) is 14.6. The summed E-state index contributed by atoms with van der Waals surface area (Å²) in [7, 11) is 0. The summed E-state index contributed by atoms with van der Waals surface area (Å²) in [6, 6.07) is 0. The van der Waals surface area contributed by atoms with Crippen molar-refractivity contribution < 1.29 is 23.8 Å². The monoisotopic (exact) mass is 230 g/mol. The number of esters is 1. The summed E-state index contributed by atoms with van der Waals surface area (Å²) in [4.78, 5) is 23.0. The van der Waals surface area contributed by atoms with Crippen LogP contribution in [0.5, 0.6) is 0 Å². The summed E-state index contributed by atoms with van der Waals surface area (Å²) in [5.41, 5.74) is -0.114. The van der Waals surface area contributed by atoms with Gasteiger partial charge < -0.3 is 14.2 Å². The molecule has 0 bridgehead atoms. The van der Waals surface area contributed by atoms with Crippen molar-refractivity contribution >= 4 is 11.8 Å². The van der Waals surface area contributed by atoms with Gasteiger partial charge in [0.15, 0.2) is 5.78 Å². The summed E-state index contributed by atoms with van der Waals surface area (Å²) in [6.07, 6.45) is 1.12. The number of ether oxygens (including phenoxy) is 3. The van der Waals surface area contributed by atoms with Crippen LogP contribution < -0.4 is 0 Å². The minimum absolute atomic E-state index is 0.114. The minimum Gasteiger partial charge on any atom is -0.500 e. The van der Waals surface area contributed by atoms with E-state index < -0.39 is 11.8 Å². The molecule has 0 heterocycles. The van der Waals surface area contributed by atoms with E-state index in [0.717, 1.165) is 6.26 Å². The second-order valence-electron chi connectivity index (χ2n) is 2.77. The maximum absolute atomic E-state index is 11.6. The molecule has 0 aliphatic rings. The van der Waals surface area contributed by atoms with Gasteiger partial charge in [-0.25, -0.2) is 4.79 Å². The Morgan fingerprint density at radius 2 is 1.75 bits per heavy atom. The summed E-state index contributed by atoms with van der Waals surface area (Å²) in [6.45, 7) is 6.05. The van der Waals surface area contributed by atoms with Crippen molar-refractivity contribution in [2.45, 2.75) is 20.8 Å². The molecule has 0 saturated carbocycles. The van der Waals surface area contributed by atoms with Crippen LogP contribution in [0.4, 0.5) is 0 Å². The molecule has 0 unspecified atom stereocenters. The lowest BCUT2D eigenvalue weighted by molar-refractivity contribution is -0.140. The second kappa shape index (κ2) is 8.91. The molecule has 0 radical (unpaired) electrons. The van der Waals surface area contributed by atoms with Gasteiger partial charge in [0.05, 0.1) is 13.2 Å². The highest BCUT2D eigenvalue weighted by Gasteiger charge is 2.20. The lowest BCUT2D eigenvalue weighted by atomic mass is 10.2. The molecule has 0 aliphatic heterocycles. The van der Waals surface area contributed by atoms with E-state index in [1.165, 1.54) is 0 Å². The van der Waals surface area contributed by atoms with E-state index in [-0.39, 0.29) is 18.8 Å². The number of hydrogen-bond donors (Lipinski definition) is 0. The predicted molar refractivity (Wildman–Crippen MR) is 57.8 cm³/mol. The quantitative estimate of drug-likeness (QED) is 0.205. The van der Waals surface area contributed by atoms with Crippen molar-refractivity contribution in [3.63, 3.8) is 0 Å². The van der Waals surface area contributed by atoms with Gasteiger partial charge in [-0.2, -0.15) is 0 Å². The maximum atomic E-state index is 11.6. The fraction of sp³-hybridized carbons (Fsp3) is 0.636. The molecule has 0 saturated heterocycles. The lowest BCUT2D eigenvalue weighted by Crippen LogP contribution is -2.20. The Balaban J connectivity index is 4.53. The summed E-state index contributed by atoms with van der Waals surface area (Å²) in [5.74, 6) is -1.12. The van der Waals surface area contributed by atoms with E-state index in [1.807, 2.05) is 0 Å². The van der Waals surface area contributed by atoms with Crippen LogP contribution in [0.25, 0.3) is 0 Å². The standard InChI is InChI=1S/C11H18O5/c1-4-14-7-9(11(13)16-6-3)10(12)8-15-5-2/h7H,4-6,8H2,1-3H3. The fourth-order valence-corrected chi connectivity index (χ4v) is 0.876. The molecule has 92 valence electrons. The SMILES string of the molecule is CCOC=C(C(=O)COCC)C(=O)OCC. The first-order chi connectivity index (χ1) is 7.67. The van der Waals surface area contributed by atoms with Gasteiger partial charge in [0.2, 0.25) is 0 Å². The number of hydrogen-bond acceptors (Lipinski definition) is 5. The largest absolute Gasteiger partial charge is 0.500 e. The highest BCUT2D eigenvalue weighted by molar-refractivity contribution is 6.17. The van der Waals surface area contributed by atoms with E-state index in [4.69, 9.17) is 14.2 Å². The van der Waals surface area contributed by atoms with Crippen molar-refractivity contribution in [1.29, 1.82) is 0 Å². The highest BCUT2D eigenvalue weighted by Crippen LogP contribution is 2.02. The summed E-state index contributed by atoms with van der Waals surface area (Å²) < 4.78 is 14.6. The van der Waals surface area contributed by atoms with E-state index in [9.17, 15) is 9.59 Å². The van der Waals surface area contributed by atoms with Gasteiger partial charge in [0.25, 0.3) is 0 Å². The summed E-state index contributed by atoms with van der Waals surface area (Å²) >= 11 is 0. The molecule has 0 aliphatic carbocycles. The minimum atomic E-state index is -0.680. The molecule has 0 rings (SSSR count). The zero-order valence-electron chi connectivity index (χ0n) is 9.95. The van der Waals surface area contributed by atoms with Gasteiger partial charge >= 0.3 is 5.97 Å². The number of rotatable bonds is 8. The smallest absolute Gasteiger partial charge is 0.345 e. The van der Waals surface area contributed by atoms with Crippen LogP contribution in [0.3, 0.4) is 0 Å². The average molecular weight is 230 g/mol. The van der Waals surface area contributed by atoms with Crippen molar-refractivity contribution in [1.82, 2.24) is 0 Å². The zero-order chi connectivity index (χ0) is 12.4. The van der Waals surface area contributed by atoms with Gasteiger partial charge in [-0.05, 0) is 20.8 Å². The molecule has 16 heavy (non-hydrogen) atoms. The Morgan fingerprint density at radius 3 is 2.25 bits per heavy atom. The van der Waals surface area contributed by atoms with E-state index in [2.05, 4.69) is 0 Å². The maximum Gasteiger partial charge on any atom is 0.345 e. The van der Waals surface area contributed by atoms with Crippen LogP contribution in [-0.2, 0) is 23.8 Å².